The molecule has 19 heavy (non-hydrogen) atoms. The minimum absolute atomic E-state index is 0.0442. The number of carbonyl (C=O) groups excluding carboxylic acids is 2. The van der Waals surface area contributed by atoms with Crippen molar-refractivity contribution in [2.45, 2.75) is 46.1 Å². The summed E-state index contributed by atoms with van der Waals surface area (Å²) in [6, 6.07) is 0. The first kappa shape index (κ1) is 12.9. The fourth-order valence-corrected chi connectivity index (χ4v) is 4.48. The van der Waals surface area contributed by atoms with Crippen molar-refractivity contribution in [1.82, 2.24) is 0 Å². The molecule has 1 unspecified atom stereocenters. The normalized spacial score (nSPS) is 43.5. The summed E-state index contributed by atoms with van der Waals surface area (Å²) in [7, 11) is 0. The second-order valence-corrected chi connectivity index (χ2v) is 6.76. The number of carbonyl (C=O) groups is 2. The molecule has 2 aliphatic carbocycles. The number of hydrogen-bond donors (Lipinski definition) is 0. The SMILES string of the molecule is CC(C)C(=O)OCC1OC(=O)[C@H]2[C@@H]3CCC[C@@H]3[C@@]12C. The van der Waals surface area contributed by atoms with E-state index in [-0.39, 0.29) is 41.9 Å². The first-order chi connectivity index (χ1) is 8.96. The highest BCUT2D eigenvalue weighted by atomic mass is 16.6. The number of fused-ring (bicyclic) bond motifs is 4. The van der Waals surface area contributed by atoms with Crippen LogP contribution in [0.2, 0.25) is 0 Å². The lowest BCUT2D eigenvalue weighted by atomic mass is 9.48. The monoisotopic (exact) mass is 266 g/mol. The molecular formula is C15H22O4. The molecular weight excluding hydrogens is 244 g/mol. The van der Waals surface area contributed by atoms with Gasteiger partial charge in [-0.25, -0.2) is 0 Å². The largest absolute Gasteiger partial charge is 0.462 e. The van der Waals surface area contributed by atoms with Crippen molar-refractivity contribution < 1.29 is 19.1 Å². The predicted molar refractivity (Wildman–Crippen MR) is 68.1 cm³/mol. The van der Waals surface area contributed by atoms with Crippen molar-refractivity contribution in [1.29, 1.82) is 0 Å². The van der Waals surface area contributed by atoms with Gasteiger partial charge in [-0.3, -0.25) is 9.59 Å². The lowest BCUT2D eigenvalue weighted by Crippen LogP contribution is -2.56. The molecule has 0 N–H and O–H groups in total. The molecule has 106 valence electrons. The second-order valence-electron chi connectivity index (χ2n) is 6.76. The van der Waals surface area contributed by atoms with Crippen LogP contribution in [0.3, 0.4) is 0 Å². The van der Waals surface area contributed by atoms with Crippen molar-refractivity contribution >= 4 is 11.9 Å². The molecule has 4 heteroatoms. The van der Waals surface area contributed by atoms with E-state index < -0.39 is 0 Å². The van der Waals surface area contributed by atoms with Crippen molar-refractivity contribution in [2.75, 3.05) is 6.61 Å². The molecule has 1 aliphatic heterocycles. The number of esters is 2. The Balaban J connectivity index is 1.70. The van der Waals surface area contributed by atoms with Gasteiger partial charge in [0.1, 0.15) is 12.7 Å². The van der Waals surface area contributed by atoms with E-state index in [1.165, 1.54) is 12.8 Å². The molecule has 3 rings (SSSR count). The van der Waals surface area contributed by atoms with Crippen LogP contribution < -0.4 is 0 Å². The molecule has 0 amide bonds. The van der Waals surface area contributed by atoms with Crippen molar-refractivity contribution in [3.63, 3.8) is 0 Å². The minimum atomic E-state index is -0.243. The van der Waals surface area contributed by atoms with Crippen LogP contribution in [-0.4, -0.2) is 24.6 Å². The van der Waals surface area contributed by atoms with Gasteiger partial charge in [0.15, 0.2) is 0 Å². The highest BCUT2D eigenvalue weighted by Gasteiger charge is 2.71. The van der Waals surface area contributed by atoms with Gasteiger partial charge in [0.25, 0.3) is 0 Å². The minimum Gasteiger partial charge on any atom is -0.462 e. The standard InChI is InChI=1S/C15H22O4/c1-8(2)13(16)18-7-11-15(3)10-6-4-5-9(10)12(15)14(17)19-11/h8-12H,4-7H2,1-3H3/t9-,10+,11?,12-,15+/m1/s1. The molecule has 4 nitrogen and oxygen atoms in total. The van der Waals surface area contributed by atoms with Gasteiger partial charge in [-0.05, 0) is 24.7 Å². The van der Waals surface area contributed by atoms with E-state index in [0.717, 1.165) is 6.42 Å². The maximum atomic E-state index is 12.0. The summed E-state index contributed by atoms with van der Waals surface area (Å²) in [4.78, 5) is 23.6. The van der Waals surface area contributed by atoms with E-state index in [0.29, 0.717) is 11.8 Å². The van der Waals surface area contributed by atoms with E-state index in [1.54, 1.807) is 0 Å². The van der Waals surface area contributed by atoms with E-state index in [9.17, 15) is 9.59 Å². The Labute approximate surface area is 113 Å². The molecule has 1 heterocycles. The van der Waals surface area contributed by atoms with Crippen LogP contribution >= 0.6 is 0 Å². The quantitative estimate of drug-likeness (QED) is 0.735. The summed E-state index contributed by atoms with van der Waals surface area (Å²) in [5.41, 5.74) is -0.102. The first-order valence-electron chi connectivity index (χ1n) is 7.33. The maximum Gasteiger partial charge on any atom is 0.310 e. The van der Waals surface area contributed by atoms with Crippen LogP contribution in [0, 0.1) is 29.1 Å². The van der Waals surface area contributed by atoms with Gasteiger partial charge in [0.05, 0.1) is 11.8 Å². The van der Waals surface area contributed by atoms with E-state index in [2.05, 4.69) is 6.92 Å². The van der Waals surface area contributed by atoms with Crippen LogP contribution in [0.15, 0.2) is 0 Å². The Morgan fingerprint density at radius 3 is 2.89 bits per heavy atom. The average molecular weight is 266 g/mol. The molecule has 0 aromatic rings. The molecule has 0 bridgehead atoms. The maximum absolute atomic E-state index is 12.0. The third-order valence-electron chi connectivity index (χ3n) is 5.52. The van der Waals surface area contributed by atoms with Gasteiger partial charge in [-0.2, -0.15) is 0 Å². The molecule has 0 aromatic heterocycles. The third kappa shape index (κ3) is 1.65. The fourth-order valence-electron chi connectivity index (χ4n) is 4.48. The lowest BCUT2D eigenvalue weighted by molar-refractivity contribution is -0.158. The Morgan fingerprint density at radius 2 is 2.21 bits per heavy atom. The molecule has 5 atom stereocenters. The third-order valence-corrected chi connectivity index (χ3v) is 5.52. The molecule has 0 aromatic carbocycles. The fraction of sp³-hybridized carbons (Fsp3) is 0.867. The Hall–Kier alpha value is -1.06. The summed E-state index contributed by atoms with van der Waals surface area (Å²) < 4.78 is 10.8. The smallest absolute Gasteiger partial charge is 0.310 e. The second kappa shape index (κ2) is 4.22. The van der Waals surface area contributed by atoms with Gasteiger partial charge in [-0.15, -0.1) is 0 Å². The van der Waals surface area contributed by atoms with E-state index in [1.807, 2.05) is 13.8 Å². The number of ether oxygens (including phenoxy) is 2. The van der Waals surface area contributed by atoms with Crippen LogP contribution in [0.4, 0.5) is 0 Å². The summed E-state index contributed by atoms with van der Waals surface area (Å²) >= 11 is 0. The van der Waals surface area contributed by atoms with Gasteiger partial charge in [0, 0.05) is 5.41 Å². The van der Waals surface area contributed by atoms with Crippen LogP contribution in [0.5, 0.6) is 0 Å². The zero-order chi connectivity index (χ0) is 13.8. The van der Waals surface area contributed by atoms with Crippen LogP contribution in [0.1, 0.15) is 40.0 Å². The Morgan fingerprint density at radius 1 is 1.47 bits per heavy atom. The van der Waals surface area contributed by atoms with Crippen LogP contribution in [0.25, 0.3) is 0 Å². The molecule has 1 saturated heterocycles. The van der Waals surface area contributed by atoms with Gasteiger partial charge >= 0.3 is 11.9 Å². The van der Waals surface area contributed by atoms with Crippen molar-refractivity contribution in [3.8, 4) is 0 Å². The number of rotatable bonds is 3. The molecule has 3 aliphatic rings. The molecule has 0 radical (unpaired) electrons. The Bertz CT molecular complexity index is 416. The zero-order valence-electron chi connectivity index (χ0n) is 11.8. The van der Waals surface area contributed by atoms with E-state index in [4.69, 9.17) is 9.47 Å². The van der Waals surface area contributed by atoms with E-state index >= 15 is 0 Å². The van der Waals surface area contributed by atoms with Gasteiger partial charge in [-0.1, -0.05) is 27.2 Å². The van der Waals surface area contributed by atoms with Gasteiger partial charge < -0.3 is 9.47 Å². The summed E-state index contributed by atoms with van der Waals surface area (Å²) in [5, 5.41) is 0. The highest BCUT2D eigenvalue weighted by molar-refractivity contribution is 5.79. The summed E-state index contributed by atoms with van der Waals surface area (Å²) in [6.45, 7) is 5.98. The van der Waals surface area contributed by atoms with Crippen molar-refractivity contribution in [3.05, 3.63) is 0 Å². The predicted octanol–water partition coefficient (Wildman–Crippen LogP) is 2.16. The lowest BCUT2D eigenvalue weighted by Gasteiger charge is -2.53. The van der Waals surface area contributed by atoms with Crippen molar-refractivity contribution in [2.24, 2.45) is 29.1 Å². The number of cyclic esters (lactones) is 1. The van der Waals surface area contributed by atoms with Gasteiger partial charge in [0.2, 0.25) is 0 Å². The average Bonchev–Trinajstić information content (AvgIpc) is 2.85. The molecule has 2 saturated carbocycles. The number of hydrogen-bond acceptors (Lipinski definition) is 4. The first-order valence-corrected chi connectivity index (χ1v) is 7.33. The summed E-state index contributed by atoms with van der Waals surface area (Å²) in [6.07, 6.45) is 3.31. The molecule has 3 fully saturated rings. The Kier molecular flexibility index (Phi) is 2.88. The topological polar surface area (TPSA) is 52.6 Å². The zero-order valence-corrected chi connectivity index (χ0v) is 11.8. The van der Waals surface area contributed by atoms with Crippen LogP contribution in [-0.2, 0) is 19.1 Å². The highest BCUT2D eigenvalue weighted by Crippen LogP contribution is 2.68. The summed E-state index contributed by atoms with van der Waals surface area (Å²) in [5.74, 6) is 0.709. The molecule has 0 spiro atoms.